The highest BCUT2D eigenvalue weighted by Crippen LogP contribution is 2.31. The second-order valence-corrected chi connectivity index (χ2v) is 25.7. The normalized spacial score (nSPS) is 19.5. The molecule has 5 atom stereocenters. The maximum atomic E-state index is 14.2. The van der Waals surface area contributed by atoms with Crippen LogP contribution in [0.5, 0.6) is 0 Å². The molecule has 6 aliphatic rings. The molecule has 2 aromatic rings. The van der Waals surface area contributed by atoms with Gasteiger partial charge in [0.25, 0.3) is 0 Å². The number of amides is 7. The molecule has 492 valence electrons. The lowest BCUT2D eigenvalue weighted by molar-refractivity contribution is -0.192. The maximum Gasteiger partial charge on any atom is 0.490 e. The zero-order chi connectivity index (χ0) is 65.7. The van der Waals surface area contributed by atoms with E-state index in [9.17, 15) is 60.3 Å². The molecule has 22 nitrogen and oxygen atoms in total. The Bertz CT molecular complexity index is 2680. The highest BCUT2D eigenvalue weighted by Gasteiger charge is 2.39. The lowest BCUT2D eigenvalue weighted by atomic mass is 10.0. The van der Waals surface area contributed by atoms with E-state index in [0.717, 1.165) is 64.5 Å². The van der Waals surface area contributed by atoms with Crippen molar-refractivity contribution in [3.8, 4) is 0 Å². The first-order valence-corrected chi connectivity index (χ1v) is 29.8. The summed E-state index contributed by atoms with van der Waals surface area (Å²) in [4.78, 5) is 107. The Morgan fingerprint density at radius 1 is 0.545 bits per heavy atom. The number of carbonyl (C=O) groups excluding carboxylic acids is 7. The first-order chi connectivity index (χ1) is 40.9. The van der Waals surface area contributed by atoms with E-state index < -0.39 is 65.0 Å². The van der Waals surface area contributed by atoms with E-state index in [1.54, 1.807) is 87.7 Å². The van der Waals surface area contributed by atoms with Crippen LogP contribution < -0.4 is 31.9 Å². The number of hydrogen-bond acceptors (Lipinski definition) is 13. The second kappa shape index (κ2) is 33.3. The minimum atomic E-state index is -5.08. The number of benzene rings is 2. The zero-order valence-corrected chi connectivity index (χ0v) is 51.8. The summed E-state index contributed by atoms with van der Waals surface area (Å²) in [7, 11) is 0. The van der Waals surface area contributed by atoms with Gasteiger partial charge in [0.15, 0.2) is 0 Å². The maximum absolute atomic E-state index is 14.2. The van der Waals surface area contributed by atoms with Crippen molar-refractivity contribution in [2.45, 2.75) is 199 Å². The number of nitrogens with zero attached hydrogens (tertiary/aromatic N) is 2. The van der Waals surface area contributed by atoms with Crippen molar-refractivity contribution in [1.82, 2.24) is 41.7 Å². The number of hydrogen-bond donors (Lipinski definition) is 8. The van der Waals surface area contributed by atoms with Crippen molar-refractivity contribution in [3.05, 3.63) is 71.3 Å². The third kappa shape index (κ3) is 30.1. The third-order valence-electron chi connectivity index (χ3n) is 13.7. The summed E-state index contributed by atoms with van der Waals surface area (Å²) in [6, 6.07) is 11.5. The molecule has 2 aromatic carbocycles. The largest absolute Gasteiger partial charge is 0.490 e. The van der Waals surface area contributed by atoms with Crippen molar-refractivity contribution in [2.75, 3.05) is 39.3 Å². The molecule has 0 radical (unpaired) electrons. The first kappa shape index (κ1) is 73.2. The van der Waals surface area contributed by atoms with Gasteiger partial charge in [0, 0.05) is 87.1 Å². The molecule has 3 heterocycles. The Kier molecular flexibility index (Phi) is 27.7. The van der Waals surface area contributed by atoms with Crippen LogP contribution in [-0.2, 0) is 55.8 Å². The highest BCUT2D eigenvalue weighted by molar-refractivity contribution is 5.83. The zero-order valence-electron chi connectivity index (χ0n) is 51.8. The lowest BCUT2D eigenvalue weighted by Gasteiger charge is -2.25. The van der Waals surface area contributed by atoms with Crippen LogP contribution in [0.4, 0.5) is 36.3 Å². The highest BCUT2D eigenvalue weighted by atomic mass is 19.4. The molecule has 3 aliphatic heterocycles. The van der Waals surface area contributed by atoms with E-state index in [2.05, 4.69) is 31.9 Å². The molecule has 0 bridgehead atoms. The van der Waals surface area contributed by atoms with E-state index in [-0.39, 0.29) is 85.1 Å². The fourth-order valence-electron chi connectivity index (χ4n) is 8.95. The van der Waals surface area contributed by atoms with Gasteiger partial charge in [-0.3, -0.25) is 24.0 Å². The van der Waals surface area contributed by atoms with Gasteiger partial charge in [-0.2, -0.15) is 13.2 Å². The van der Waals surface area contributed by atoms with Crippen molar-refractivity contribution in [2.24, 2.45) is 17.8 Å². The summed E-state index contributed by atoms with van der Waals surface area (Å²) in [5, 5.41) is 33.5. The smallest absolute Gasteiger partial charge is 0.481 e. The Hall–Kier alpha value is -7.32. The standard InChI is InChI=1S/C23H32FN3O4.C15H20FNO4.C13H22N2O3.C8H14N2O.C2HF3O2/c1-23(2,3)31-22(30)26-18(12-16-6-4-5-7-19(16)24)13-20(28)27-11-10-17(14-27)25-21(29)15-8-9-15;1-15(2,3)21-14(20)17-11(9-13(18)19)8-10-6-4-5-7-12(10)16;1-13(2,3)18-12(17)15-7-6-10(8-15)14-11(16)9-4-5-9;11-8(6-1-2-6)10-7-3-4-9-5-7;3-2(4,5)1(6)7/h4-7,15,17-18H,8-14H2,1-3H3,(H,25,29)(H,26,30);4-7,11H,8-9H2,1-3H3,(H,17,20)(H,18,19);9-10H,4-8H2,1-3H3,(H,14,16);6-7,9H,1-5H2,(H,10,11);(H,6,7)/t17-,18-;11-;10-;7-;/m1111./s1. The molecule has 0 unspecified atom stereocenters. The predicted octanol–water partition coefficient (Wildman–Crippen LogP) is 7.54. The summed E-state index contributed by atoms with van der Waals surface area (Å²) < 4.78 is 75.2. The van der Waals surface area contributed by atoms with Gasteiger partial charge in [-0.25, -0.2) is 28.0 Å². The summed E-state index contributed by atoms with van der Waals surface area (Å²) >= 11 is 0. The summed E-state index contributed by atoms with van der Waals surface area (Å²) in [5.41, 5.74) is -1.06. The van der Waals surface area contributed by atoms with Crippen LogP contribution in [0.1, 0.15) is 144 Å². The van der Waals surface area contributed by atoms with Gasteiger partial charge in [0.1, 0.15) is 28.4 Å². The SMILES string of the molecule is CC(C)(C)OC(=O)N1CC[C@@H](NC(=O)C2CC2)C1.CC(C)(C)OC(=O)N[C@@H](CC(=O)N1CC[C@@H](NC(=O)C2CC2)C1)Cc1ccccc1F.CC(C)(C)OC(=O)N[C@@H](CC(=O)O)Cc1ccccc1F.O=C(N[C@@H]1CCNC1)C1CC1.O=C(O)C(F)(F)F. The summed E-state index contributed by atoms with van der Waals surface area (Å²) in [6.45, 7) is 20.2. The van der Waals surface area contributed by atoms with Gasteiger partial charge in [0.05, 0.1) is 6.42 Å². The van der Waals surface area contributed by atoms with Crippen LogP contribution in [0, 0.1) is 29.4 Å². The van der Waals surface area contributed by atoms with Crippen molar-refractivity contribution >= 4 is 53.8 Å². The molecule has 0 spiro atoms. The van der Waals surface area contributed by atoms with Gasteiger partial charge in [0.2, 0.25) is 23.6 Å². The van der Waals surface area contributed by atoms with Crippen LogP contribution >= 0.6 is 0 Å². The molecule has 3 aliphatic carbocycles. The van der Waals surface area contributed by atoms with Crippen molar-refractivity contribution in [3.63, 3.8) is 0 Å². The number of carboxylic acids is 2. The average Bonchev–Trinajstić information content (AvgIpc) is 4.58. The first-order valence-electron chi connectivity index (χ1n) is 29.8. The summed E-state index contributed by atoms with van der Waals surface area (Å²) in [5.74, 6) is -3.58. The molecule has 3 saturated carbocycles. The fourth-order valence-corrected chi connectivity index (χ4v) is 8.95. The number of nitrogens with one attached hydrogen (secondary N) is 6. The predicted molar refractivity (Wildman–Crippen MR) is 312 cm³/mol. The number of carbonyl (C=O) groups is 9. The van der Waals surface area contributed by atoms with Crippen LogP contribution in [0.2, 0.25) is 0 Å². The molecular weight excluding hydrogens is 1160 g/mol. The number of carboxylic acid groups (broad SMARTS) is 2. The minimum absolute atomic E-state index is 0.0247. The third-order valence-corrected chi connectivity index (χ3v) is 13.7. The van der Waals surface area contributed by atoms with E-state index in [4.69, 9.17) is 29.2 Å². The van der Waals surface area contributed by atoms with Crippen molar-refractivity contribution in [1.29, 1.82) is 0 Å². The van der Waals surface area contributed by atoms with E-state index in [0.29, 0.717) is 55.7 Å². The Labute approximate surface area is 510 Å². The van der Waals surface area contributed by atoms with Gasteiger partial charge in [-0.05, 0) is 163 Å². The van der Waals surface area contributed by atoms with Crippen LogP contribution in [0.15, 0.2) is 48.5 Å². The number of ether oxygens (including phenoxy) is 3. The second-order valence-electron chi connectivity index (χ2n) is 25.7. The average molecular weight is 1250 g/mol. The Morgan fingerprint density at radius 3 is 1.27 bits per heavy atom. The molecule has 8 N–H and O–H groups in total. The molecule has 88 heavy (non-hydrogen) atoms. The molecule has 6 fully saturated rings. The Morgan fingerprint density at radius 2 is 0.920 bits per heavy atom. The molecule has 3 saturated heterocycles. The minimum Gasteiger partial charge on any atom is -0.481 e. The van der Waals surface area contributed by atoms with Crippen LogP contribution in [0.25, 0.3) is 0 Å². The van der Waals surface area contributed by atoms with Gasteiger partial charge >= 0.3 is 36.4 Å². The molecular formula is C61H89F5N8O14. The van der Waals surface area contributed by atoms with Gasteiger partial charge in [-0.15, -0.1) is 0 Å². The molecule has 0 aromatic heterocycles. The number of halogens is 5. The monoisotopic (exact) mass is 1250 g/mol. The van der Waals surface area contributed by atoms with Gasteiger partial charge < -0.3 is 66.1 Å². The Balaban J connectivity index is 0.000000254. The van der Waals surface area contributed by atoms with Crippen molar-refractivity contribution < 1.29 is 89.5 Å². The van der Waals surface area contributed by atoms with Crippen LogP contribution in [-0.4, -0.2) is 166 Å². The van der Waals surface area contributed by atoms with Crippen LogP contribution in [0.3, 0.4) is 0 Å². The number of rotatable bonds is 16. The molecule has 7 amide bonds. The number of aliphatic carboxylic acids is 2. The number of alkyl halides is 3. The topological polar surface area (TPSA) is 300 Å². The number of likely N-dealkylation sites (tertiary alicyclic amines) is 2. The molecule has 27 heteroatoms. The van der Waals surface area contributed by atoms with E-state index in [1.807, 2.05) is 20.8 Å². The summed E-state index contributed by atoms with van der Waals surface area (Å²) in [6.07, 6.45) is 1.97. The van der Waals surface area contributed by atoms with E-state index >= 15 is 0 Å². The lowest BCUT2D eigenvalue weighted by Crippen LogP contribution is -2.44. The quantitative estimate of drug-likeness (QED) is 0.0595. The van der Waals surface area contributed by atoms with E-state index in [1.165, 1.54) is 12.1 Å². The van der Waals surface area contributed by atoms with Gasteiger partial charge in [-0.1, -0.05) is 36.4 Å². The molecule has 8 rings (SSSR count). The number of alkyl carbamates (subject to hydrolysis) is 2. The fraction of sp³-hybridized carbons (Fsp3) is 0.656.